The van der Waals surface area contributed by atoms with Crippen molar-refractivity contribution in [1.29, 1.82) is 0 Å². The van der Waals surface area contributed by atoms with Gasteiger partial charge in [0.2, 0.25) is 0 Å². The van der Waals surface area contributed by atoms with Crippen molar-refractivity contribution >= 4 is 28.4 Å². The van der Waals surface area contributed by atoms with E-state index in [0.29, 0.717) is 5.82 Å². The largest absolute Gasteiger partial charge is 0.383 e. The predicted octanol–water partition coefficient (Wildman–Crippen LogP) is 2.56. The van der Waals surface area contributed by atoms with Gasteiger partial charge in [0.1, 0.15) is 11.6 Å². The number of benzene rings is 1. The number of nitrogens with two attached hydrogens (primary N) is 1. The predicted molar refractivity (Wildman–Crippen MR) is 73.1 cm³/mol. The fourth-order valence-electron chi connectivity index (χ4n) is 1.50. The summed E-state index contributed by atoms with van der Waals surface area (Å²) >= 11 is 2.17. The Morgan fingerprint density at radius 2 is 1.88 bits per heavy atom. The second-order valence-electron chi connectivity index (χ2n) is 3.59. The lowest BCUT2D eigenvalue weighted by atomic mass is 10.1. The third-order valence-corrected chi connectivity index (χ3v) is 3.63. The number of nitrogens with zero attached hydrogens (tertiary/aromatic N) is 2. The molecule has 0 bridgehead atoms. The Morgan fingerprint density at radius 1 is 1.19 bits per heavy atom. The summed E-state index contributed by atoms with van der Waals surface area (Å²) in [6.45, 7) is 1.95. The van der Waals surface area contributed by atoms with Crippen LogP contribution in [-0.4, -0.2) is 9.97 Å². The van der Waals surface area contributed by atoms with Crippen molar-refractivity contribution in [2.24, 2.45) is 0 Å². The molecule has 0 saturated carbocycles. The van der Waals surface area contributed by atoms with E-state index < -0.39 is 0 Å². The molecular weight excluding hydrogens is 313 g/mol. The maximum Gasteiger partial charge on any atom is 0.140 e. The Morgan fingerprint density at radius 3 is 2.50 bits per heavy atom. The summed E-state index contributed by atoms with van der Waals surface area (Å²) in [5, 5.41) is 0. The van der Waals surface area contributed by atoms with Crippen LogP contribution < -0.4 is 5.73 Å². The molecule has 0 radical (unpaired) electrons. The van der Waals surface area contributed by atoms with E-state index in [2.05, 4.69) is 44.7 Å². The number of nitrogen functional groups attached to an aromatic ring is 1. The third-order valence-electron chi connectivity index (χ3n) is 2.29. The van der Waals surface area contributed by atoms with E-state index in [1.54, 1.807) is 0 Å². The van der Waals surface area contributed by atoms with Crippen LogP contribution in [0, 0.1) is 10.5 Å². The maximum atomic E-state index is 5.82. The van der Waals surface area contributed by atoms with Gasteiger partial charge in [0.05, 0.1) is 9.26 Å². The molecule has 0 unspecified atom stereocenters. The molecular formula is C12H12IN3. The highest BCUT2D eigenvalue weighted by Crippen LogP contribution is 2.16. The summed E-state index contributed by atoms with van der Waals surface area (Å²) in [4.78, 5) is 8.72. The average molecular weight is 325 g/mol. The van der Waals surface area contributed by atoms with Crippen molar-refractivity contribution in [3.8, 4) is 0 Å². The number of aryl methyl sites for hydroxylation is 1. The van der Waals surface area contributed by atoms with E-state index in [-0.39, 0.29) is 0 Å². The van der Waals surface area contributed by atoms with Gasteiger partial charge in [-0.15, -0.1) is 0 Å². The highest BCUT2D eigenvalue weighted by atomic mass is 127. The molecule has 0 atom stereocenters. The quantitative estimate of drug-likeness (QED) is 0.864. The fraction of sp³-hybridized carbons (Fsp3) is 0.167. The van der Waals surface area contributed by atoms with Gasteiger partial charge >= 0.3 is 0 Å². The van der Waals surface area contributed by atoms with Crippen molar-refractivity contribution < 1.29 is 0 Å². The van der Waals surface area contributed by atoms with Crippen LogP contribution >= 0.6 is 22.6 Å². The van der Waals surface area contributed by atoms with Gasteiger partial charge in [-0.1, -0.05) is 30.3 Å². The average Bonchev–Trinajstić information content (AvgIpc) is 2.27. The first kappa shape index (κ1) is 11.3. The van der Waals surface area contributed by atoms with Crippen LogP contribution in [0.25, 0.3) is 0 Å². The zero-order valence-corrected chi connectivity index (χ0v) is 11.1. The molecule has 82 valence electrons. The molecule has 0 saturated heterocycles. The number of anilines is 1. The standard InChI is InChI=1S/C12H12IN3/c1-8-11(13)12(14)16-10(15-8)7-9-5-3-2-4-6-9/h2-6H,7H2,1H3,(H2,14,15,16). The van der Waals surface area contributed by atoms with Crippen LogP contribution in [-0.2, 0) is 6.42 Å². The molecule has 1 aromatic carbocycles. The SMILES string of the molecule is Cc1nc(Cc2ccccc2)nc(N)c1I. The van der Waals surface area contributed by atoms with Crippen LogP contribution in [0.3, 0.4) is 0 Å². The number of halogens is 1. The smallest absolute Gasteiger partial charge is 0.140 e. The lowest BCUT2D eigenvalue weighted by Gasteiger charge is -2.05. The second-order valence-corrected chi connectivity index (χ2v) is 4.67. The molecule has 0 spiro atoms. The van der Waals surface area contributed by atoms with Crippen LogP contribution in [0.5, 0.6) is 0 Å². The molecule has 16 heavy (non-hydrogen) atoms. The fourth-order valence-corrected chi connectivity index (χ4v) is 1.74. The van der Waals surface area contributed by atoms with E-state index >= 15 is 0 Å². The van der Waals surface area contributed by atoms with Crippen molar-refractivity contribution in [3.63, 3.8) is 0 Å². The Labute approximate surface area is 108 Å². The van der Waals surface area contributed by atoms with Crippen LogP contribution in [0.1, 0.15) is 17.1 Å². The number of hydrogen-bond donors (Lipinski definition) is 1. The molecule has 0 fully saturated rings. The summed E-state index contributed by atoms with van der Waals surface area (Å²) in [6, 6.07) is 10.1. The normalized spacial score (nSPS) is 10.4. The van der Waals surface area contributed by atoms with Gasteiger partial charge in [-0.25, -0.2) is 9.97 Å². The third kappa shape index (κ3) is 2.49. The zero-order valence-electron chi connectivity index (χ0n) is 8.94. The van der Waals surface area contributed by atoms with Crippen molar-refractivity contribution in [2.75, 3.05) is 5.73 Å². The maximum absolute atomic E-state index is 5.82. The molecule has 1 aromatic heterocycles. The van der Waals surface area contributed by atoms with Gasteiger partial charge in [-0.2, -0.15) is 0 Å². The van der Waals surface area contributed by atoms with Crippen molar-refractivity contribution in [3.05, 3.63) is 51.0 Å². The monoisotopic (exact) mass is 325 g/mol. The van der Waals surface area contributed by atoms with Crippen LogP contribution in [0.4, 0.5) is 5.82 Å². The van der Waals surface area contributed by atoms with E-state index in [1.807, 2.05) is 25.1 Å². The van der Waals surface area contributed by atoms with Crippen molar-refractivity contribution in [1.82, 2.24) is 9.97 Å². The molecule has 0 aliphatic rings. The molecule has 1 heterocycles. The summed E-state index contributed by atoms with van der Waals surface area (Å²) < 4.78 is 0.939. The highest BCUT2D eigenvalue weighted by molar-refractivity contribution is 14.1. The lowest BCUT2D eigenvalue weighted by molar-refractivity contribution is 0.940. The van der Waals surface area contributed by atoms with Crippen molar-refractivity contribution in [2.45, 2.75) is 13.3 Å². The zero-order chi connectivity index (χ0) is 11.5. The van der Waals surface area contributed by atoms with E-state index in [1.165, 1.54) is 5.56 Å². The Kier molecular flexibility index (Phi) is 3.38. The lowest BCUT2D eigenvalue weighted by Crippen LogP contribution is -2.05. The number of rotatable bonds is 2. The topological polar surface area (TPSA) is 51.8 Å². The summed E-state index contributed by atoms with van der Waals surface area (Å²) in [6.07, 6.45) is 0.725. The van der Waals surface area contributed by atoms with E-state index in [9.17, 15) is 0 Å². The van der Waals surface area contributed by atoms with Gasteiger partial charge < -0.3 is 5.73 Å². The summed E-state index contributed by atoms with van der Waals surface area (Å²) in [5.41, 5.74) is 7.96. The van der Waals surface area contributed by atoms with Crippen LogP contribution in [0.15, 0.2) is 30.3 Å². The van der Waals surface area contributed by atoms with Gasteiger partial charge in [0.25, 0.3) is 0 Å². The molecule has 0 aliphatic carbocycles. The molecule has 3 nitrogen and oxygen atoms in total. The minimum atomic E-state index is 0.569. The first-order valence-electron chi connectivity index (χ1n) is 4.99. The Hall–Kier alpha value is -1.17. The van der Waals surface area contributed by atoms with E-state index in [4.69, 9.17) is 5.73 Å². The molecule has 0 aliphatic heterocycles. The van der Waals surface area contributed by atoms with Gasteiger partial charge in [0.15, 0.2) is 0 Å². The molecule has 0 amide bonds. The second kappa shape index (κ2) is 4.78. The molecule has 2 aromatic rings. The molecule has 2 N–H and O–H groups in total. The van der Waals surface area contributed by atoms with E-state index in [0.717, 1.165) is 21.5 Å². The first-order valence-corrected chi connectivity index (χ1v) is 6.07. The summed E-state index contributed by atoms with van der Waals surface area (Å²) in [5.74, 6) is 1.35. The highest BCUT2D eigenvalue weighted by Gasteiger charge is 2.06. The minimum absolute atomic E-state index is 0.569. The van der Waals surface area contributed by atoms with Gasteiger partial charge in [-0.3, -0.25) is 0 Å². The summed E-state index contributed by atoms with van der Waals surface area (Å²) in [7, 11) is 0. The van der Waals surface area contributed by atoms with Gasteiger partial charge in [0, 0.05) is 6.42 Å². The first-order chi connectivity index (χ1) is 7.66. The van der Waals surface area contributed by atoms with Gasteiger partial charge in [-0.05, 0) is 35.1 Å². The van der Waals surface area contributed by atoms with Crippen LogP contribution in [0.2, 0.25) is 0 Å². The molecule has 2 rings (SSSR count). The number of hydrogen-bond acceptors (Lipinski definition) is 3. The minimum Gasteiger partial charge on any atom is -0.383 e. The Bertz CT molecular complexity index is 474. The molecule has 4 heteroatoms. The number of aromatic nitrogens is 2. The Balaban J connectivity index is 2.29.